The maximum absolute atomic E-state index is 12.6. The molecule has 3 saturated heterocycles. The smallest absolute Gasteiger partial charge is 0.303 e. The minimum absolute atomic E-state index is 0.0687. The molecule has 0 spiro atoms. The molecule has 300 valence electrons. The van der Waals surface area contributed by atoms with E-state index in [0.717, 1.165) is 37.5 Å². The molecule has 3 aromatic rings. The van der Waals surface area contributed by atoms with Crippen LogP contribution in [-0.4, -0.2) is 98.5 Å². The summed E-state index contributed by atoms with van der Waals surface area (Å²) >= 11 is 0. The van der Waals surface area contributed by atoms with Crippen LogP contribution in [0.25, 0.3) is 0 Å². The summed E-state index contributed by atoms with van der Waals surface area (Å²) in [6, 6.07) is 28.5. The Bertz CT molecular complexity index is 1740. The van der Waals surface area contributed by atoms with Crippen molar-refractivity contribution in [2.75, 3.05) is 13.2 Å². The summed E-state index contributed by atoms with van der Waals surface area (Å²) < 4.78 is 67.6. The van der Waals surface area contributed by atoms with E-state index in [1.54, 1.807) is 0 Å². The summed E-state index contributed by atoms with van der Waals surface area (Å²) in [6.45, 7) is 4.53. The lowest BCUT2D eigenvalue weighted by atomic mass is 9.96. The third-order valence-electron chi connectivity index (χ3n) is 9.14. The van der Waals surface area contributed by atoms with Gasteiger partial charge in [-0.3, -0.25) is 19.2 Å². The molecule has 15 nitrogen and oxygen atoms in total. The average Bonchev–Trinajstić information content (AvgIpc) is 3.18. The Morgan fingerprint density at radius 3 is 1.66 bits per heavy atom. The molecule has 0 saturated carbocycles. The van der Waals surface area contributed by atoms with Gasteiger partial charge >= 0.3 is 23.9 Å². The average molecular weight is 779 g/mol. The number of carbonyl (C=O) groups is 4. The SMILES string of the molecule is CC(=O)OC[C@H]1O[C@H](O[C@H]2O[C@@H]3COC(c4ccccc4)O[C@@H]3[C@H](OCc3ccccc3)[C@H]2OCc2ccccc2)[C@H](OC(C)=O)[C@@H](OC(C)=O)[C@@H]1OC(C)=O. The molecule has 0 radical (unpaired) electrons. The summed E-state index contributed by atoms with van der Waals surface area (Å²) in [5.41, 5.74) is 2.53. The molecule has 0 aromatic heterocycles. The molecule has 11 atom stereocenters. The first kappa shape index (κ1) is 40.9. The van der Waals surface area contributed by atoms with Gasteiger partial charge < -0.3 is 52.1 Å². The summed E-state index contributed by atoms with van der Waals surface area (Å²) in [5, 5.41) is 0. The van der Waals surface area contributed by atoms with Crippen LogP contribution in [0.2, 0.25) is 0 Å². The molecular formula is C41H46O15. The zero-order chi connectivity index (χ0) is 39.6. The topological polar surface area (TPSA) is 170 Å². The van der Waals surface area contributed by atoms with E-state index in [1.165, 1.54) is 6.92 Å². The Balaban J connectivity index is 1.37. The van der Waals surface area contributed by atoms with Crippen LogP contribution in [0, 0.1) is 0 Å². The number of carbonyl (C=O) groups excluding carboxylic acids is 4. The van der Waals surface area contributed by atoms with Crippen LogP contribution in [-0.2, 0) is 84.5 Å². The molecule has 3 aliphatic rings. The highest BCUT2D eigenvalue weighted by atomic mass is 16.8. The van der Waals surface area contributed by atoms with E-state index in [1.807, 2.05) is 91.0 Å². The first-order valence-electron chi connectivity index (χ1n) is 18.3. The highest BCUT2D eigenvalue weighted by Gasteiger charge is 2.57. The van der Waals surface area contributed by atoms with E-state index in [4.69, 9.17) is 52.1 Å². The first-order valence-corrected chi connectivity index (χ1v) is 18.3. The van der Waals surface area contributed by atoms with Gasteiger partial charge in [0.1, 0.15) is 37.1 Å². The molecule has 15 heteroatoms. The minimum Gasteiger partial charge on any atom is -0.463 e. The van der Waals surface area contributed by atoms with E-state index in [2.05, 4.69) is 0 Å². The molecule has 0 aliphatic carbocycles. The van der Waals surface area contributed by atoms with Crippen LogP contribution < -0.4 is 0 Å². The zero-order valence-electron chi connectivity index (χ0n) is 31.5. The van der Waals surface area contributed by atoms with E-state index < -0.39 is 98.2 Å². The molecular weight excluding hydrogens is 732 g/mol. The normalized spacial score (nSPS) is 30.0. The van der Waals surface area contributed by atoms with Gasteiger partial charge in [0.05, 0.1) is 19.8 Å². The van der Waals surface area contributed by atoms with Crippen molar-refractivity contribution >= 4 is 23.9 Å². The first-order chi connectivity index (χ1) is 27.0. The Morgan fingerprint density at radius 1 is 0.571 bits per heavy atom. The maximum Gasteiger partial charge on any atom is 0.303 e. The molecule has 3 heterocycles. The fourth-order valence-corrected chi connectivity index (χ4v) is 6.77. The number of hydrogen-bond donors (Lipinski definition) is 0. The predicted octanol–water partition coefficient (Wildman–Crippen LogP) is 4.10. The van der Waals surface area contributed by atoms with Gasteiger partial charge in [-0.05, 0) is 11.1 Å². The third kappa shape index (κ3) is 10.8. The second-order valence-corrected chi connectivity index (χ2v) is 13.4. The molecule has 1 unspecified atom stereocenters. The molecule has 3 aromatic carbocycles. The quantitative estimate of drug-likeness (QED) is 0.169. The maximum atomic E-state index is 12.6. The van der Waals surface area contributed by atoms with Crippen LogP contribution in [0.15, 0.2) is 91.0 Å². The van der Waals surface area contributed by atoms with Crippen molar-refractivity contribution in [2.24, 2.45) is 0 Å². The number of esters is 4. The molecule has 0 N–H and O–H groups in total. The van der Waals surface area contributed by atoms with Crippen molar-refractivity contribution in [1.82, 2.24) is 0 Å². The highest BCUT2D eigenvalue weighted by Crippen LogP contribution is 2.39. The van der Waals surface area contributed by atoms with Crippen LogP contribution in [0.1, 0.15) is 50.7 Å². The van der Waals surface area contributed by atoms with Gasteiger partial charge in [-0.1, -0.05) is 91.0 Å². The summed E-state index contributed by atoms with van der Waals surface area (Å²) in [4.78, 5) is 49.3. The Labute approximate surface area is 324 Å². The second kappa shape index (κ2) is 19.4. The fourth-order valence-electron chi connectivity index (χ4n) is 6.77. The van der Waals surface area contributed by atoms with E-state index in [9.17, 15) is 19.2 Å². The molecule has 3 aliphatic heterocycles. The van der Waals surface area contributed by atoms with Crippen molar-refractivity contribution < 1.29 is 71.3 Å². The Hall–Kier alpha value is -4.74. The lowest BCUT2D eigenvalue weighted by Crippen LogP contribution is -2.67. The predicted molar refractivity (Wildman–Crippen MR) is 192 cm³/mol. The highest BCUT2D eigenvalue weighted by molar-refractivity contribution is 5.68. The number of rotatable bonds is 14. The van der Waals surface area contributed by atoms with E-state index >= 15 is 0 Å². The van der Waals surface area contributed by atoms with Crippen molar-refractivity contribution in [2.45, 2.75) is 109 Å². The van der Waals surface area contributed by atoms with Gasteiger partial charge in [-0.2, -0.15) is 0 Å². The van der Waals surface area contributed by atoms with Crippen LogP contribution in [0.5, 0.6) is 0 Å². The molecule has 56 heavy (non-hydrogen) atoms. The minimum atomic E-state index is -1.56. The number of fused-ring (bicyclic) bond motifs is 1. The lowest BCUT2D eigenvalue weighted by molar-refractivity contribution is -0.406. The summed E-state index contributed by atoms with van der Waals surface area (Å²) in [5.74, 6) is -2.98. The number of ether oxygens (including phenoxy) is 11. The fraction of sp³-hybridized carbons (Fsp3) is 0.463. The van der Waals surface area contributed by atoms with E-state index in [0.29, 0.717) is 0 Å². The van der Waals surface area contributed by atoms with Gasteiger partial charge in [0, 0.05) is 33.3 Å². The van der Waals surface area contributed by atoms with Crippen molar-refractivity contribution in [1.29, 1.82) is 0 Å². The van der Waals surface area contributed by atoms with Crippen LogP contribution in [0.3, 0.4) is 0 Å². The van der Waals surface area contributed by atoms with Gasteiger partial charge in [-0.15, -0.1) is 0 Å². The van der Waals surface area contributed by atoms with Gasteiger partial charge in [-0.25, -0.2) is 0 Å². The van der Waals surface area contributed by atoms with Crippen LogP contribution in [0.4, 0.5) is 0 Å². The monoisotopic (exact) mass is 778 g/mol. The van der Waals surface area contributed by atoms with Crippen molar-refractivity contribution in [3.05, 3.63) is 108 Å². The van der Waals surface area contributed by atoms with Gasteiger partial charge in [0.25, 0.3) is 0 Å². The number of benzene rings is 3. The van der Waals surface area contributed by atoms with Crippen LogP contribution >= 0.6 is 0 Å². The Morgan fingerprint density at radius 2 is 1.09 bits per heavy atom. The van der Waals surface area contributed by atoms with Gasteiger partial charge in [0.15, 0.2) is 30.9 Å². The van der Waals surface area contributed by atoms with E-state index in [-0.39, 0.29) is 19.8 Å². The van der Waals surface area contributed by atoms with Crippen molar-refractivity contribution in [3.8, 4) is 0 Å². The standard InChI is InChI=1S/C41H46O15/c1-24(42)46-22-31-34(50-25(2)43)36(51-26(3)44)38(52-27(4)45)41(54-31)56-40-37(48-21-29-16-10-6-11-17-29)35(47-20-28-14-8-5-9-15-28)33-32(53-40)23-49-39(55-33)30-18-12-7-13-19-30/h5-19,31-41H,20-23H2,1-4H3/t31-,32-,33+,34-,35+,36+,37-,38-,39?,40-,41-/m1/s1. The summed E-state index contributed by atoms with van der Waals surface area (Å²) in [7, 11) is 0. The molecule has 6 rings (SSSR count). The molecule has 0 amide bonds. The largest absolute Gasteiger partial charge is 0.463 e. The summed E-state index contributed by atoms with van der Waals surface area (Å²) in [6.07, 6.45) is -12.6. The van der Waals surface area contributed by atoms with Gasteiger partial charge in [0.2, 0.25) is 6.29 Å². The number of hydrogen-bond acceptors (Lipinski definition) is 15. The second-order valence-electron chi connectivity index (χ2n) is 13.4. The lowest BCUT2D eigenvalue weighted by Gasteiger charge is -2.50. The molecule has 0 bridgehead atoms. The van der Waals surface area contributed by atoms with Crippen molar-refractivity contribution in [3.63, 3.8) is 0 Å². The Kier molecular flexibility index (Phi) is 14.2. The molecule has 3 fully saturated rings. The zero-order valence-corrected chi connectivity index (χ0v) is 31.5. The third-order valence-corrected chi connectivity index (χ3v) is 9.14.